The van der Waals surface area contributed by atoms with Crippen LogP contribution in [0, 0.1) is 0 Å². The summed E-state index contributed by atoms with van der Waals surface area (Å²) in [4.78, 5) is 38.8. The van der Waals surface area contributed by atoms with Gasteiger partial charge in [-0.2, -0.15) is 4.98 Å². The number of anilines is 1. The summed E-state index contributed by atoms with van der Waals surface area (Å²) < 4.78 is 45.5. The van der Waals surface area contributed by atoms with E-state index in [-0.39, 0.29) is 48.6 Å². The van der Waals surface area contributed by atoms with Gasteiger partial charge in [0.15, 0.2) is 0 Å². The number of aromatic nitrogens is 3. The Morgan fingerprint density at radius 2 is 1.93 bits per heavy atom. The fourth-order valence-electron chi connectivity index (χ4n) is 5.61. The molecule has 0 spiro atoms. The second-order valence-corrected chi connectivity index (χ2v) is 11.5. The summed E-state index contributed by atoms with van der Waals surface area (Å²) in [6.07, 6.45) is 3.12. The number of hydrogen-bond acceptors (Lipinski definition) is 9. The average Bonchev–Trinajstić information content (AvgIpc) is 3.51. The van der Waals surface area contributed by atoms with Crippen molar-refractivity contribution in [1.82, 2.24) is 24.3 Å². The molecule has 0 radical (unpaired) electrons. The van der Waals surface area contributed by atoms with Gasteiger partial charge in [-0.25, -0.2) is 13.8 Å². The number of methoxy groups -OCH3 is 2. The Morgan fingerprint density at radius 3 is 2.64 bits per heavy atom. The molecule has 2 aliphatic rings. The van der Waals surface area contributed by atoms with Crippen molar-refractivity contribution in [2.45, 2.75) is 37.8 Å². The Morgan fingerprint density at radius 1 is 1.16 bits per heavy atom. The fourth-order valence-corrected chi connectivity index (χ4v) is 5.90. The van der Waals surface area contributed by atoms with E-state index in [9.17, 15) is 18.4 Å². The number of benzene rings is 1. The lowest BCUT2D eigenvalue weighted by molar-refractivity contribution is -0.125. The third-order valence-corrected chi connectivity index (χ3v) is 8.57. The van der Waals surface area contributed by atoms with Gasteiger partial charge in [0.2, 0.25) is 11.9 Å². The number of halogens is 3. The number of hydrogen-bond donors (Lipinski definition) is 1. The number of ether oxygens (including phenoxy) is 3. The molecule has 1 unspecified atom stereocenters. The van der Waals surface area contributed by atoms with Crippen LogP contribution in [0.3, 0.4) is 0 Å². The van der Waals surface area contributed by atoms with Crippen molar-refractivity contribution >= 4 is 34.5 Å². The predicted molar refractivity (Wildman–Crippen MR) is 168 cm³/mol. The van der Waals surface area contributed by atoms with Gasteiger partial charge in [0.25, 0.3) is 11.5 Å². The topological polar surface area (TPSA) is 111 Å². The number of nitrogens with one attached hydrogen (secondary N) is 1. The highest BCUT2D eigenvalue weighted by Gasteiger charge is 2.33. The van der Waals surface area contributed by atoms with Crippen LogP contribution in [-0.2, 0) is 16.1 Å². The molecular weight excluding hydrogens is 610 g/mol. The third kappa shape index (κ3) is 7.54. The zero-order valence-corrected chi connectivity index (χ0v) is 26.1. The van der Waals surface area contributed by atoms with Crippen LogP contribution in [0.25, 0.3) is 22.2 Å². The van der Waals surface area contributed by atoms with E-state index in [4.69, 9.17) is 25.8 Å². The van der Waals surface area contributed by atoms with Crippen molar-refractivity contribution in [2.75, 3.05) is 65.4 Å². The van der Waals surface area contributed by atoms with Gasteiger partial charge >= 0.3 is 0 Å². The van der Waals surface area contributed by atoms with Gasteiger partial charge in [-0.15, -0.1) is 0 Å². The Hall–Kier alpha value is -3.81. The van der Waals surface area contributed by atoms with E-state index in [2.05, 4.69) is 21.9 Å². The molecule has 2 fully saturated rings. The van der Waals surface area contributed by atoms with Crippen molar-refractivity contribution in [3.05, 3.63) is 52.4 Å². The minimum absolute atomic E-state index is 0.142. The Balaban J connectivity index is 1.41. The molecule has 1 atom stereocenters. The molecule has 0 saturated carbocycles. The Bertz CT molecular complexity index is 1610. The van der Waals surface area contributed by atoms with Crippen LogP contribution in [-0.4, -0.2) is 102 Å². The molecule has 3 aromatic rings. The first-order valence-electron chi connectivity index (χ1n) is 14.8. The number of amides is 1. The number of fused-ring (bicyclic) bond motifs is 1. The zero-order valence-electron chi connectivity index (χ0n) is 25.4. The van der Waals surface area contributed by atoms with E-state index >= 15 is 0 Å². The highest BCUT2D eigenvalue weighted by molar-refractivity contribution is 6.35. The van der Waals surface area contributed by atoms with E-state index < -0.39 is 5.92 Å². The normalized spacial score (nSPS) is 18.2. The Labute approximate surface area is 264 Å². The van der Waals surface area contributed by atoms with Crippen molar-refractivity contribution in [3.63, 3.8) is 0 Å². The molecule has 242 valence electrons. The number of rotatable bonds is 12. The van der Waals surface area contributed by atoms with Crippen LogP contribution in [0.5, 0.6) is 11.5 Å². The maximum absolute atomic E-state index is 14.1. The van der Waals surface area contributed by atoms with E-state index in [1.165, 1.54) is 24.9 Å². The number of likely N-dealkylation sites (tertiary alicyclic amines) is 2. The van der Waals surface area contributed by atoms with Crippen LogP contribution in [0.2, 0.25) is 5.02 Å². The van der Waals surface area contributed by atoms with Gasteiger partial charge in [-0.05, 0) is 24.6 Å². The molecule has 1 N–H and O–H groups in total. The van der Waals surface area contributed by atoms with Gasteiger partial charge < -0.3 is 29.3 Å². The van der Waals surface area contributed by atoms with Gasteiger partial charge in [0.1, 0.15) is 17.1 Å². The largest absolute Gasteiger partial charge is 0.497 e. The SMILES string of the molecule is C=CC(=O)N1CCC(OCCn2c(=O)c(-c3cc(OC)cc(OC)c3Cl)cc3cnc(NCCN4CCC(F)(F)CC4)nc32)C1. The molecule has 2 aliphatic heterocycles. The summed E-state index contributed by atoms with van der Waals surface area (Å²) in [7, 11) is 2.99. The highest BCUT2D eigenvalue weighted by atomic mass is 35.5. The van der Waals surface area contributed by atoms with Crippen molar-refractivity contribution in [3.8, 4) is 22.6 Å². The summed E-state index contributed by atoms with van der Waals surface area (Å²) in [6, 6.07) is 4.99. The minimum atomic E-state index is -2.60. The molecule has 0 aliphatic carbocycles. The maximum Gasteiger partial charge on any atom is 0.260 e. The van der Waals surface area contributed by atoms with Gasteiger partial charge in [0.05, 0.1) is 38.5 Å². The van der Waals surface area contributed by atoms with Crippen LogP contribution in [0.4, 0.5) is 14.7 Å². The Kier molecular flexibility index (Phi) is 10.2. The summed E-state index contributed by atoms with van der Waals surface area (Å²) >= 11 is 6.67. The molecule has 5 rings (SSSR count). The van der Waals surface area contributed by atoms with E-state index in [0.29, 0.717) is 85.3 Å². The lowest BCUT2D eigenvalue weighted by Crippen LogP contribution is -2.41. The van der Waals surface area contributed by atoms with E-state index in [1.807, 2.05) is 4.90 Å². The average molecular weight is 647 g/mol. The minimum Gasteiger partial charge on any atom is -0.497 e. The van der Waals surface area contributed by atoms with Crippen molar-refractivity contribution < 1.29 is 27.8 Å². The molecule has 45 heavy (non-hydrogen) atoms. The summed E-state index contributed by atoms with van der Waals surface area (Å²) in [6.45, 7) is 6.59. The molecule has 4 heterocycles. The number of carbonyl (C=O) groups excluding carboxylic acids is 1. The molecule has 2 aromatic heterocycles. The standard InChI is InChI=1S/C31H37ClF2N6O5/c1-4-26(41)39-9-5-21(19-39)45-14-13-40-28-20(15-24(29(40)42)23-16-22(43-2)17-25(44-3)27(23)32)18-36-30(37-28)35-8-12-38-10-6-31(33,34)7-11-38/h4,15-18,21H,1,5-14,19H2,2-3H3,(H,35,36,37). The van der Waals surface area contributed by atoms with Gasteiger partial charge in [-0.1, -0.05) is 18.2 Å². The first-order valence-corrected chi connectivity index (χ1v) is 15.2. The third-order valence-electron chi connectivity index (χ3n) is 8.18. The first kappa shape index (κ1) is 32.6. The summed E-state index contributed by atoms with van der Waals surface area (Å²) in [5, 5.41) is 4.01. The molecule has 2 saturated heterocycles. The van der Waals surface area contributed by atoms with E-state index in [1.54, 1.807) is 29.3 Å². The summed E-state index contributed by atoms with van der Waals surface area (Å²) in [5.74, 6) is -1.61. The number of carbonyl (C=O) groups is 1. The molecule has 11 nitrogen and oxygen atoms in total. The second-order valence-electron chi connectivity index (χ2n) is 11.1. The molecule has 14 heteroatoms. The van der Waals surface area contributed by atoms with Crippen molar-refractivity contribution in [1.29, 1.82) is 0 Å². The highest BCUT2D eigenvalue weighted by Crippen LogP contribution is 2.38. The lowest BCUT2D eigenvalue weighted by atomic mass is 10.0. The number of pyridine rings is 1. The number of piperidine rings is 1. The second kappa shape index (κ2) is 14.1. The van der Waals surface area contributed by atoms with Gasteiger partial charge in [0, 0.05) is 80.9 Å². The van der Waals surface area contributed by atoms with Gasteiger partial charge in [-0.3, -0.25) is 14.2 Å². The van der Waals surface area contributed by atoms with E-state index in [0.717, 1.165) is 0 Å². The maximum atomic E-state index is 14.1. The first-order chi connectivity index (χ1) is 21.6. The summed E-state index contributed by atoms with van der Waals surface area (Å²) in [5.41, 5.74) is 0.776. The number of nitrogens with zero attached hydrogens (tertiary/aromatic N) is 5. The number of alkyl halides is 2. The van der Waals surface area contributed by atoms with Crippen LogP contribution >= 0.6 is 11.6 Å². The predicted octanol–water partition coefficient (Wildman–Crippen LogP) is 4.08. The molecule has 0 bridgehead atoms. The molecule has 1 aromatic carbocycles. The monoisotopic (exact) mass is 646 g/mol. The quantitative estimate of drug-likeness (QED) is 0.291. The van der Waals surface area contributed by atoms with Crippen molar-refractivity contribution in [2.24, 2.45) is 0 Å². The molecule has 1 amide bonds. The van der Waals surface area contributed by atoms with Crippen LogP contribution in [0.1, 0.15) is 19.3 Å². The smallest absolute Gasteiger partial charge is 0.260 e. The zero-order chi connectivity index (χ0) is 32.1. The molecular formula is C31H37ClF2N6O5. The van der Waals surface area contributed by atoms with Crippen LogP contribution < -0.4 is 20.3 Å². The van der Waals surface area contributed by atoms with Crippen LogP contribution in [0.15, 0.2) is 41.8 Å². The fraction of sp³-hybridized carbons (Fsp3) is 0.484. The lowest BCUT2D eigenvalue weighted by Gasteiger charge is -2.31.